The molecule has 0 saturated heterocycles. The van der Waals surface area contributed by atoms with Crippen molar-refractivity contribution in [2.24, 2.45) is 0 Å². The third-order valence-corrected chi connectivity index (χ3v) is 5.07. The molecule has 0 aliphatic carbocycles. The fraction of sp³-hybridized carbons (Fsp3) is 0.143. The Morgan fingerprint density at radius 2 is 1.75 bits per heavy atom. The fourth-order valence-electron chi connectivity index (χ4n) is 1.89. The summed E-state index contributed by atoms with van der Waals surface area (Å²) in [6.45, 7) is 1.62. The molecule has 2 aromatic rings. The lowest BCUT2D eigenvalue weighted by Gasteiger charge is -2.21. The van der Waals surface area contributed by atoms with Crippen LogP contribution in [0.3, 0.4) is 0 Å². The van der Waals surface area contributed by atoms with Gasteiger partial charge in [-0.05, 0) is 36.8 Å². The van der Waals surface area contributed by atoms with Crippen molar-refractivity contribution in [3.63, 3.8) is 0 Å². The van der Waals surface area contributed by atoms with E-state index in [1.54, 1.807) is 25.1 Å². The van der Waals surface area contributed by atoms with E-state index in [4.69, 9.17) is 5.73 Å². The molecule has 2 rings (SSSR count). The third-order valence-electron chi connectivity index (χ3n) is 3.16. The van der Waals surface area contributed by atoms with Crippen LogP contribution in [0.5, 0.6) is 0 Å². The van der Waals surface area contributed by atoms with E-state index in [2.05, 4.69) is 0 Å². The Morgan fingerprint density at radius 3 is 2.40 bits per heavy atom. The van der Waals surface area contributed by atoms with Crippen LogP contribution in [0.4, 0.5) is 15.8 Å². The number of hydrogen-bond donors (Lipinski definition) is 1. The van der Waals surface area contributed by atoms with Gasteiger partial charge in [0, 0.05) is 12.7 Å². The summed E-state index contributed by atoms with van der Waals surface area (Å²) >= 11 is 0. The number of nitrogen functional groups attached to an aromatic ring is 1. The molecule has 0 spiro atoms. The van der Waals surface area contributed by atoms with Gasteiger partial charge in [-0.15, -0.1) is 0 Å². The fourth-order valence-corrected chi connectivity index (χ4v) is 3.35. The molecule has 6 heteroatoms. The van der Waals surface area contributed by atoms with E-state index >= 15 is 0 Å². The first-order chi connectivity index (χ1) is 9.35. The molecule has 0 fully saturated rings. The molecule has 2 aromatic carbocycles. The third kappa shape index (κ3) is 2.34. The molecule has 0 saturated carbocycles. The molecule has 0 heterocycles. The van der Waals surface area contributed by atoms with Crippen LogP contribution in [0.25, 0.3) is 0 Å². The molecule has 20 heavy (non-hydrogen) atoms. The first kappa shape index (κ1) is 14.3. The van der Waals surface area contributed by atoms with Crippen LogP contribution in [0.1, 0.15) is 5.56 Å². The van der Waals surface area contributed by atoms with Gasteiger partial charge < -0.3 is 5.73 Å². The van der Waals surface area contributed by atoms with Crippen LogP contribution < -0.4 is 10.0 Å². The van der Waals surface area contributed by atoms with Gasteiger partial charge in [0.05, 0.1) is 10.6 Å². The van der Waals surface area contributed by atoms with Gasteiger partial charge in [0.1, 0.15) is 5.82 Å². The maximum Gasteiger partial charge on any atom is 0.264 e. The summed E-state index contributed by atoms with van der Waals surface area (Å²) in [6.07, 6.45) is 0. The van der Waals surface area contributed by atoms with E-state index in [9.17, 15) is 12.8 Å². The van der Waals surface area contributed by atoms with Crippen molar-refractivity contribution in [3.8, 4) is 0 Å². The summed E-state index contributed by atoms with van der Waals surface area (Å²) in [5.74, 6) is -0.597. The highest BCUT2D eigenvalue weighted by Gasteiger charge is 2.25. The molecule has 0 radical (unpaired) electrons. The Hall–Kier alpha value is -2.08. The number of benzene rings is 2. The second kappa shape index (κ2) is 5.13. The van der Waals surface area contributed by atoms with Crippen molar-refractivity contribution in [3.05, 3.63) is 53.8 Å². The lowest BCUT2D eigenvalue weighted by molar-refractivity contribution is 0.589. The summed E-state index contributed by atoms with van der Waals surface area (Å²) in [7, 11) is -2.54. The van der Waals surface area contributed by atoms with Crippen molar-refractivity contribution >= 4 is 21.4 Å². The first-order valence-electron chi connectivity index (χ1n) is 5.94. The Bertz CT molecular complexity index is 745. The summed E-state index contributed by atoms with van der Waals surface area (Å²) in [6, 6.07) is 10.4. The number of rotatable bonds is 3. The predicted molar refractivity (Wildman–Crippen MR) is 77.6 cm³/mol. The summed E-state index contributed by atoms with van der Waals surface area (Å²) in [4.78, 5) is 0.0725. The summed E-state index contributed by atoms with van der Waals surface area (Å²) in [5.41, 5.74) is 6.56. The summed E-state index contributed by atoms with van der Waals surface area (Å²) < 4.78 is 39.8. The topological polar surface area (TPSA) is 63.4 Å². The van der Waals surface area contributed by atoms with Gasteiger partial charge in [-0.1, -0.05) is 18.2 Å². The van der Waals surface area contributed by atoms with Gasteiger partial charge in [0.25, 0.3) is 10.0 Å². The number of hydrogen-bond acceptors (Lipinski definition) is 3. The Balaban J connectivity index is 2.56. The minimum Gasteiger partial charge on any atom is -0.398 e. The van der Waals surface area contributed by atoms with Crippen LogP contribution in [0.2, 0.25) is 0 Å². The smallest absolute Gasteiger partial charge is 0.264 e. The van der Waals surface area contributed by atoms with Crippen LogP contribution in [-0.4, -0.2) is 15.5 Å². The van der Waals surface area contributed by atoms with Crippen LogP contribution in [0, 0.1) is 12.7 Å². The van der Waals surface area contributed by atoms with Gasteiger partial charge >= 0.3 is 0 Å². The van der Waals surface area contributed by atoms with E-state index < -0.39 is 15.8 Å². The van der Waals surface area contributed by atoms with E-state index in [0.29, 0.717) is 11.3 Å². The van der Waals surface area contributed by atoms with Crippen LogP contribution >= 0.6 is 0 Å². The highest BCUT2D eigenvalue weighted by molar-refractivity contribution is 7.92. The van der Waals surface area contributed by atoms with Gasteiger partial charge in [0.15, 0.2) is 0 Å². The molecule has 0 atom stereocenters. The average Bonchev–Trinajstić information content (AvgIpc) is 2.41. The number of nitrogens with two attached hydrogens (primary N) is 1. The number of para-hydroxylation sites is 1. The van der Waals surface area contributed by atoms with E-state index in [1.807, 2.05) is 0 Å². The Kier molecular flexibility index (Phi) is 3.67. The van der Waals surface area contributed by atoms with Crippen LogP contribution in [0.15, 0.2) is 47.4 Å². The minimum atomic E-state index is -3.85. The van der Waals surface area contributed by atoms with E-state index in [-0.39, 0.29) is 10.6 Å². The monoisotopic (exact) mass is 294 g/mol. The minimum absolute atomic E-state index is 0.00526. The second-order valence-electron chi connectivity index (χ2n) is 4.39. The molecule has 0 bridgehead atoms. The Morgan fingerprint density at radius 1 is 1.10 bits per heavy atom. The zero-order valence-corrected chi connectivity index (χ0v) is 12.0. The number of anilines is 2. The first-order valence-corrected chi connectivity index (χ1v) is 7.38. The molecule has 4 nitrogen and oxygen atoms in total. The predicted octanol–water partition coefficient (Wildman–Crippen LogP) is 2.54. The average molecular weight is 294 g/mol. The molecule has 106 valence electrons. The normalized spacial score (nSPS) is 11.3. The number of nitrogens with zero attached hydrogens (tertiary/aromatic N) is 1. The lowest BCUT2D eigenvalue weighted by Crippen LogP contribution is -2.28. The van der Waals surface area contributed by atoms with Crippen molar-refractivity contribution < 1.29 is 12.8 Å². The molecular weight excluding hydrogens is 279 g/mol. The highest BCUT2D eigenvalue weighted by Crippen LogP contribution is 2.28. The van der Waals surface area contributed by atoms with Gasteiger partial charge in [-0.3, -0.25) is 4.31 Å². The van der Waals surface area contributed by atoms with Crippen LogP contribution in [-0.2, 0) is 10.0 Å². The molecule has 0 amide bonds. The molecule has 0 unspecified atom stereocenters. The van der Waals surface area contributed by atoms with E-state index in [0.717, 1.165) is 4.31 Å². The highest BCUT2D eigenvalue weighted by atomic mass is 32.2. The molecule has 0 aliphatic heterocycles. The van der Waals surface area contributed by atoms with Crippen molar-refractivity contribution in [1.29, 1.82) is 0 Å². The lowest BCUT2D eigenvalue weighted by atomic mass is 10.2. The Labute approximate surface area is 117 Å². The standard InChI is InChI=1S/C14H15FN2O2S/c1-10-12(16)7-5-9-14(10)20(18,19)17(2)13-8-4-3-6-11(13)15/h3-9H,16H2,1-2H3. The molecule has 0 aromatic heterocycles. The molecule has 0 aliphatic rings. The largest absolute Gasteiger partial charge is 0.398 e. The van der Waals surface area contributed by atoms with Gasteiger partial charge in [0.2, 0.25) is 0 Å². The number of halogens is 1. The molecule has 2 N–H and O–H groups in total. The summed E-state index contributed by atoms with van der Waals surface area (Å²) in [5, 5.41) is 0. The zero-order valence-electron chi connectivity index (χ0n) is 11.2. The molecular formula is C14H15FN2O2S. The maximum absolute atomic E-state index is 13.7. The van der Waals surface area contributed by atoms with E-state index in [1.165, 1.54) is 31.3 Å². The SMILES string of the molecule is Cc1c(N)cccc1S(=O)(=O)N(C)c1ccccc1F. The van der Waals surface area contributed by atoms with Crippen molar-refractivity contribution in [2.45, 2.75) is 11.8 Å². The zero-order chi connectivity index (χ0) is 14.9. The number of sulfonamides is 1. The van der Waals surface area contributed by atoms with Crippen molar-refractivity contribution in [2.75, 3.05) is 17.1 Å². The van der Waals surface area contributed by atoms with Crippen molar-refractivity contribution in [1.82, 2.24) is 0 Å². The van der Waals surface area contributed by atoms with Gasteiger partial charge in [-0.2, -0.15) is 0 Å². The quantitative estimate of drug-likeness (QED) is 0.885. The van der Waals surface area contributed by atoms with Gasteiger partial charge in [-0.25, -0.2) is 12.8 Å². The maximum atomic E-state index is 13.7. The second-order valence-corrected chi connectivity index (χ2v) is 6.33.